The van der Waals surface area contributed by atoms with Crippen LogP contribution in [0.5, 0.6) is 0 Å². The summed E-state index contributed by atoms with van der Waals surface area (Å²) in [6.07, 6.45) is 6.44. The second-order valence-electron chi connectivity index (χ2n) is 13.5. The molecule has 11 rings (SSSR count). The van der Waals surface area contributed by atoms with Crippen LogP contribution in [0, 0.1) is 0 Å². The summed E-state index contributed by atoms with van der Waals surface area (Å²) in [4.78, 5) is 0. The fraction of sp³-hybridized carbons (Fsp3) is 0.0417. The SMILES string of the molecule is C1=Cc2c(oc3cc4c(ccc5oc6cc(-c7c8ccccc8c(-c8ccc(-c9ccccc9)cc8)c8ccccc78)ccc6c54)cc23)CC1. The van der Waals surface area contributed by atoms with E-state index < -0.39 is 0 Å². The maximum atomic E-state index is 6.64. The third-order valence-electron chi connectivity index (χ3n) is 10.7. The minimum absolute atomic E-state index is 0.889. The molecule has 10 aromatic rings. The molecule has 0 amide bonds. The molecule has 2 heterocycles. The van der Waals surface area contributed by atoms with Gasteiger partial charge < -0.3 is 8.83 Å². The zero-order chi connectivity index (χ0) is 32.8. The third-order valence-corrected chi connectivity index (χ3v) is 10.7. The number of fused-ring (bicyclic) bond motifs is 10. The number of benzene rings is 8. The number of hydrogen-bond acceptors (Lipinski definition) is 2. The molecule has 2 nitrogen and oxygen atoms in total. The molecule has 1 aliphatic carbocycles. The molecule has 0 fully saturated rings. The first kappa shape index (κ1) is 27.6. The van der Waals surface area contributed by atoms with Crippen molar-refractivity contribution >= 4 is 71.3 Å². The van der Waals surface area contributed by atoms with Gasteiger partial charge in [0.15, 0.2) is 0 Å². The summed E-state index contributed by atoms with van der Waals surface area (Å²) in [5, 5.41) is 10.7. The van der Waals surface area contributed by atoms with Crippen molar-refractivity contribution in [1.29, 1.82) is 0 Å². The monoisotopic (exact) mass is 638 g/mol. The van der Waals surface area contributed by atoms with Gasteiger partial charge in [-0.2, -0.15) is 0 Å². The zero-order valence-electron chi connectivity index (χ0n) is 27.2. The van der Waals surface area contributed by atoms with Gasteiger partial charge in [0, 0.05) is 28.1 Å². The molecule has 2 aromatic heterocycles. The third kappa shape index (κ3) is 4.02. The van der Waals surface area contributed by atoms with Crippen molar-refractivity contribution in [3.8, 4) is 33.4 Å². The van der Waals surface area contributed by atoms with Crippen LogP contribution in [0.2, 0.25) is 0 Å². The molecule has 0 saturated carbocycles. The van der Waals surface area contributed by atoms with E-state index in [1.807, 2.05) is 0 Å². The Bertz CT molecular complexity index is 2950. The molecule has 0 aliphatic heterocycles. The van der Waals surface area contributed by atoms with Gasteiger partial charge in [-0.3, -0.25) is 0 Å². The van der Waals surface area contributed by atoms with Gasteiger partial charge in [0.25, 0.3) is 0 Å². The van der Waals surface area contributed by atoms with E-state index in [1.165, 1.54) is 65.7 Å². The Morgan fingerprint density at radius 1 is 0.400 bits per heavy atom. The lowest BCUT2D eigenvalue weighted by molar-refractivity contribution is 0.546. The first-order chi connectivity index (χ1) is 24.8. The van der Waals surface area contributed by atoms with Crippen LogP contribution in [0.15, 0.2) is 161 Å². The summed E-state index contributed by atoms with van der Waals surface area (Å²) in [6.45, 7) is 0. The van der Waals surface area contributed by atoms with Crippen molar-refractivity contribution in [3.05, 3.63) is 163 Å². The lowest BCUT2D eigenvalue weighted by atomic mass is 9.85. The average molecular weight is 639 g/mol. The number of allylic oxidation sites excluding steroid dienone is 1. The Labute approximate surface area is 288 Å². The summed E-state index contributed by atoms with van der Waals surface area (Å²) >= 11 is 0. The topological polar surface area (TPSA) is 26.3 Å². The highest BCUT2D eigenvalue weighted by Crippen LogP contribution is 2.46. The second kappa shape index (κ2) is 10.6. The van der Waals surface area contributed by atoms with Crippen LogP contribution >= 0.6 is 0 Å². The highest BCUT2D eigenvalue weighted by molar-refractivity contribution is 6.24. The molecule has 0 spiro atoms. The average Bonchev–Trinajstić information content (AvgIpc) is 3.74. The first-order valence-corrected chi connectivity index (χ1v) is 17.4. The molecular weight excluding hydrogens is 609 g/mol. The van der Waals surface area contributed by atoms with Crippen molar-refractivity contribution in [2.75, 3.05) is 0 Å². The zero-order valence-corrected chi connectivity index (χ0v) is 27.2. The molecule has 0 N–H and O–H groups in total. The Balaban J connectivity index is 1.11. The number of hydrogen-bond donors (Lipinski definition) is 0. The van der Waals surface area contributed by atoms with Crippen LogP contribution in [0.25, 0.3) is 105 Å². The van der Waals surface area contributed by atoms with Crippen LogP contribution in [-0.4, -0.2) is 0 Å². The van der Waals surface area contributed by atoms with Gasteiger partial charge in [-0.25, -0.2) is 0 Å². The summed E-state index contributed by atoms with van der Waals surface area (Å²) in [5.41, 5.74) is 11.2. The highest BCUT2D eigenvalue weighted by Gasteiger charge is 2.20. The second-order valence-corrected chi connectivity index (χ2v) is 13.5. The van der Waals surface area contributed by atoms with Crippen LogP contribution in [0.1, 0.15) is 17.7 Å². The highest BCUT2D eigenvalue weighted by atomic mass is 16.3. The smallest absolute Gasteiger partial charge is 0.136 e. The molecule has 0 radical (unpaired) electrons. The van der Waals surface area contributed by atoms with Gasteiger partial charge >= 0.3 is 0 Å². The summed E-state index contributed by atoms with van der Waals surface area (Å²) in [5.74, 6) is 1.09. The molecule has 0 unspecified atom stereocenters. The molecule has 50 heavy (non-hydrogen) atoms. The van der Waals surface area contributed by atoms with E-state index in [0.29, 0.717) is 0 Å². The minimum atomic E-state index is 0.889. The lowest BCUT2D eigenvalue weighted by Gasteiger charge is -2.18. The van der Waals surface area contributed by atoms with E-state index in [-0.39, 0.29) is 0 Å². The molecule has 0 atom stereocenters. The Morgan fingerprint density at radius 2 is 1.02 bits per heavy atom. The standard InChI is InChI=1S/C48H30O2/c1-2-10-29(11-3-1)30-18-20-31(21-19-30)46-35-13-4-6-15-37(35)47(38-16-7-5-14-36(38)46)33-22-24-39-44(27-33)50-43-25-23-32-26-41-34-12-8-9-17-42(34)49-45(41)28-40(32)48(39)43/h1-8,10-16,18-28H,9,17H2. The predicted octanol–water partition coefficient (Wildman–Crippen LogP) is 13.8. The maximum absolute atomic E-state index is 6.64. The fourth-order valence-corrected chi connectivity index (χ4v) is 8.41. The van der Waals surface area contributed by atoms with Crippen LogP contribution < -0.4 is 0 Å². The van der Waals surface area contributed by atoms with Gasteiger partial charge in [0.2, 0.25) is 0 Å². The summed E-state index contributed by atoms with van der Waals surface area (Å²) in [7, 11) is 0. The van der Waals surface area contributed by atoms with Crippen molar-refractivity contribution in [3.63, 3.8) is 0 Å². The molecular formula is C48H30O2. The van der Waals surface area contributed by atoms with Gasteiger partial charge in [-0.1, -0.05) is 127 Å². The molecule has 8 aromatic carbocycles. The Kier molecular flexibility index (Phi) is 5.82. The summed E-state index contributed by atoms with van der Waals surface area (Å²) < 4.78 is 13.0. The summed E-state index contributed by atoms with van der Waals surface area (Å²) in [6, 6.07) is 52.8. The van der Waals surface area contributed by atoms with Crippen molar-refractivity contribution in [2.45, 2.75) is 12.8 Å². The van der Waals surface area contributed by atoms with Crippen molar-refractivity contribution in [2.24, 2.45) is 0 Å². The Morgan fingerprint density at radius 3 is 1.76 bits per heavy atom. The van der Waals surface area contributed by atoms with E-state index in [0.717, 1.165) is 57.1 Å². The molecule has 234 valence electrons. The molecule has 1 aliphatic rings. The Hall–Kier alpha value is -6.38. The quantitative estimate of drug-likeness (QED) is 0.180. The van der Waals surface area contributed by atoms with Gasteiger partial charge in [-0.15, -0.1) is 0 Å². The van der Waals surface area contributed by atoms with Gasteiger partial charge in [0.1, 0.15) is 22.5 Å². The van der Waals surface area contributed by atoms with E-state index >= 15 is 0 Å². The molecule has 0 bridgehead atoms. The van der Waals surface area contributed by atoms with E-state index in [2.05, 4.69) is 158 Å². The van der Waals surface area contributed by atoms with Crippen LogP contribution in [-0.2, 0) is 6.42 Å². The van der Waals surface area contributed by atoms with E-state index in [9.17, 15) is 0 Å². The van der Waals surface area contributed by atoms with Crippen LogP contribution in [0.4, 0.5) is 0 Å². The van der Waals surface area contributed by atoms with Gasteiger partial charge in [0.05, 0.1) is 0 Å². The molecule has 2 heteroatoms. The minimum Gasteiger partial charge on any atom is -0.460 e. The number of aryl methyl sites for hydroxylation is 1. The lowest BCUT2D eigenvalue weighted by Crippen LogP contribution is -1.91. The van der Waals surface area contributed by atoms with E-state index in [1.54, 1.807) is 0 Å². The number of furan rings is 2. The number of rotatable bonds is 3. The maximum Gasteiger partial charge on any atom is 0.136 e. The van der Waals surface area contributed by atoms with Crippen molar-refractivity contribution in [1.82, 2.24) is 0 Å². The van der Waals surface area contributed by atoms with Gasteiger partial charge in [-0.05, 0) is 102 Å². The van der Waals surface area contributed by atoms with Crippen molar-refractivity contribution < 1.29 is 8.83 Å². The van der Waals surface area contributed by atoms with Crippen LogP contribution in [0.3, 0.4) is 0 Å². The normalized spacial score (nSPS) is 13.0. The predicted molar refractivity (Wildman–Crippen MR) is 210 cm³/mol. The van der Waals surface area contributed by atoms with E-state index in [4.69, 9.17) is 8.83 Å². The largest absolute Gasteiger partial charge is 0.460 e. The first-order valence-electron chi connectivity index (χ1n) is 17.4. The fourth-order valence-electron chi connectivity index (χ4n) is 8.41. The molecule has 0 saturated heterocycles.